The molecule has 0 bridgehead atoms. The maximum Gasteiger partial charge on any atom is 0.258 e. The Bertz CT molecular complexity index is 956. The van der Waals surface area contributed by atoms with Crippen molar-refractivity contribution in [2.75, 3.05) is 18.6 Å². The van der Waals surface area contributed by atoms with E-state index in [-0.39, 0.29) is 23.9 Å². The monoisotopic (exact) mass is 353 g/mol. The lowest BCUT2D eigenvalue weighted by molar-refractivity contribution is -0.117. The van der Waals surface area contributed by atoms with E-state index in [1.165, 1.54) is 11.0 Å². The predicted octanol–water partition coefficient (Wildman–Crippen LogP) is 3.40. The molecular formula is C19H16FN3O3. The molecule has 0 radical (unpaired) electrons. The Morgan fingerprint density at radius 2 is 2.08 bits per heavy atom. The molecule has 3 aromatic rings. The Labute approximate surface area is 149 Å². The first-order valence-corrected chi connectivity index (χ1v) is 8.18. The van der Waals surface area contributed by atoms with E-state index in [2.05, 4.69) is 10.1 Å². The molecule has 1 fully saturated rings. The summed E-state index contributed by atoms with van der Waals surface area (Å²) < 4.78 is 24.5. The minimum Gasteiger partial charge on any atom is -0.497 e. The molecule has 2 aromatic carbocycles. The number of aromatic nitrogens is 2. The molecule has 4 rings (SSSR count). The van der Waals surface area contributed by atoms with Gasteiger partial charge in [-0.05, 0) is 30.3 Å². The molecule has 0 spiro atoms. The van der Waals surface area contributed by atoms with Crippen LogP contribution in [-0.2, 0) is 4.79 Å². The number of anilines is 1. The molecule has 6 nitrogen and oxygen atoms in total. The lowest BCUT2D eigenvalue weighted by Crippen LogP contribution is -2.25. The highest BCUT2D eigenvalue weighted by atomic mass is 19.1. The average Bonchev–Trinajstić information content (AvgIpc) is 3.29. The van der Waals surface area contributed by atoms with Gasteiger partial charge in [-0.3, -0.25) is 4.79 Å². The third-order valence-corrected chi connectivity index (χ3v) is 4.39. The zero-order chi connectivity index (χ0) is 18.1. The maximum absolute atomic E-state index is 14.0. The van der Waals surface area contributed by atoms with Crippen LogP contribution in [0.1, 0.15) is 18.2 Å². The smallest absolute Gasteiger partial charge is 0.258 e. The molecule has 26 heavy (non-hydrogen) atoms. The van der Waals surface area contributed by atoms with Crippen LogP contribution in [0.3, 0.4) is 0 Å². The number of carbonyl (C=O) groups excluding carboxylic acids is 1. The third-order valence-electron chi connectivity index (χ3n) is 4.39. The second-order valence-corrected chi connectivity index (χ2v) is 6.05. The van der Waals surface area contributed by atoms with Crippen LogP contribution < -0.4 is 9.64 Å². The number of rotatable bonds is 4. The van der Waals surface area contributed by atoms with Crippen LogP contribution in [0.4, 0.5) is 10.1 Å². The van der Waals surface area contributed by atoms with Crippen molar-refractivity contribution in [3.8, 4) is 17.2 Å². The minimum absolute atomic E-state index is 0.159. The number of hydrogen-bond donors (Lipinski definition) is 0. The molecule has 1 aromatic heterocycles. The average molecular weight is 353 g/mol. The zero-order valence-corrected chi connectivity index (χ0v) is 14.1. The first kappa shape index (κ1) is 16.3. The first-order chi connectivity index (χ1) is 12.7. The second kappa shape index (κ2) is 6.59. The van der Waals surface area contributed by atoms with Crippen molar-refractivity contribution in [2.45, 2.75) is 12.3 Å². The van der Waals surface area contributed by atoms with E-state index in [0.29, 0.717) is 24.0 Å². The summed E-state index contributed by atoms with van der Waals surface area (Å²) in [7, 11) is 1.58. The van der Waals surface area contributed by atoms with Crippen molar-refractivity contribution < 1.29 is 18.4 Å². The van der Waals surface area contributed by atoms with Crippen LogP contribution in [0.5, 0.6) is 5.75 Å². The second-order valence-electron chi connectivity index (χ2n) is 6.05. The molecular weight excluding hydrogens is 337 g/mol. The van der Waals surface area contributed by atoms with Gasteiger partial charge in [0.05, 0.1) is 12.8 Å². The van der Waals surface area contributed by atoms with E-state index in [0.717, 1.165) is 5.56 Å². The van der Waals surface area contributed by atoms with Crippen LogP contribution in [0.15, 0.2) is 53.1 Å². The number of amides is 1. The number of carbonyl (C=O) groups is 1. The van der Waals surface area contributed by atoms with Crippen LogP contribution in [0, 0.1) is 5.82 Å². The number of nitrogens with zero attached hydrogens (tertiary/aromatic N) is 3. The van der Waals surface area contributed by atoms with Gasteiger partial charge in [-0.25, -0.2) is 4.39 Å². The van der Waals surface area contributed by atoms with Crippen LogP contribution in [0.25, 0.3) is 11.5 Å². The van der Waals surface area contributed by atoms with Crippen LogP contribution in [0.2, 0.25) is 0 Å². The summed E-state index contributed by atoms with van der Waals surface area (Å²) in [6.07, 6.45) is 0.214. The largest absolute Gasteiger partial charge is 0.497 e. The van der Waals surface area contributed by atoms with Gasteiger partial charge in [0.25, 0.3) is 5.89 Å². The minimum atomic E-state index is -0.424. The Morgan fingerprint density at radius 3 is 2.88 bits per heavy atom. The lowest BCUT2D eigenvalue weighted by Gasteiger charge is -2.16. The van der Waals surface area contributed by atoms with E-state index in [4.69, 9.17) is 9.26 Å². The number of methoxy groups -OCH3 is 1. The third kappa shape index (κ3) is 2.92. The van der Waals surface area contributed by atoms with Crippen molar-refractivity contribution in [1.29, 1.82) is 0 Å². The van der Waals surface area contributed by atoms with Crippen molar-refractivity contribution in [3.63, 3.8) is 0 Å². The van der Waals surface area contributed by atoms with Crippen molar-refractivity contribution in [3.05, 3.63) is 60.2 Å². The topological polar surface area (TPSA) is 68.5 Å². The van der Waals surface area contributed by atoms with Gasteiger partial charge >= 0.3 is 0 Å². The van der Waals surface area contributed by atoms with E-state index in [1.807, 2.05) is 18.2 Å². The highest BCUT2D eigenvalue weighted by Gasteiger charge is 2.35. The SMILES string of the molecule is COc1cccc(-c2nc(C3CC(=O)N(c4ccccc4F)C3)no2)c1. The molecule has 132 valence electrons. The summed E-state index contributed by atoms with van der Waals surface area (Å²) >= 11 is 0. The van der Waals surface area contributed by atoms with Crippen molar-refractivity contribution in [1.82, 2.24) is 10.1 Å². The van der Waals surface area contributed by atoms with E-state index >= 15 is 0 Å². The van der Waals surface area contributed by atoms with Crippen molar-refractivity contribution in [2.24, 2.45) is 0 Å². The van der Waals surface area contributed by atoms with Gasteiger partial charge in [-0.2, -0.15) is 4.98 Å². The lowest BCUT2D eigenvalue weighted by atomic mass is 10.1. The summed E-state index contributed by atoms with van der Waals surface area (Å²) in [6.45, 7) is 0.316. The molecule has 7 heteroatoms. The normalized spacial score (nSPS) is 16.9. The maximum atomic E-state index is 14.0. The zero-order valence-electron chi connectivity index (χ0n) is 14.1. The van der Waals surface area contributed by atoms with Crippen LogP contribution in [-0.4, -0.2) is 29.7 Å². The highest BCUT2D eigenvalue weighted by molar-refractivity contribution is 5.96. The standard InChI is InChI=1S/C19H16FN3O3/c1-25-14-6-4-5-12(9-14)19-21-18(22-26-19)13-10-17(24)23(11-13)16-8-3-2-7-15(16)20/h2-9,13H,10-11H2,1H3. The molecule has 1 aliphatic rings. The summed E-state index contributed by atoms with van der Waals surface area (Å²) in [5.41, 5.74) is 1.01. The van der Waals surface area contributed by atoms with Gasteiger partial charge in [0.15, 0.2) is 5.82 Å². The fraction of sp³-hybridized carbons (Fsp3) is 0.211. The molecule has 2 heterocycles. The van der Waals surface area contributed by atoms with Gasteiger partial charge < -0.3 is 14.2 Å². The molecule has 0 aliphatic carbocycles. The van der Waals surface area contributed by atoms with Crippen LogP contribution >= 0.6 is 0 Å². The number of hydrogen-bond acceptors (Lipinski definition) is 5. The fourth-order valence-corrected chi connectivity index (χ4v) is 3.06. The summed E-state index contributed by atoms with van der Waals surface area (Å²) in [6, 6.07) is 13.5. The summed E-state index contributed by atoms with van der Waals surface area (Å²) in [4.78, 5) is 18.2. The highest BCUT2D eigenvalue weighted by Crippen LogP contribution is 2.33. The van der Waals surface area contributed by atoms with Gasteiger partial charge in [0.2, 0.25) is 5.91 Å². The van der Waals surface area contributed by atoms with Crippen molar-refractivity contribution >= 4 is 11.6 Å². The quantitative estimate of drug-likeness (QED) is 0.719. The summed E-state index contributed by atoms with van der Waals surface area (Å²) in [5, 5.41) is 4.02. The van der Waals surface area contributed by atoms with E-state index in [9.17, 15) is 9.18 Å². The Morgan fingerprint density at radius 1 is 1.23 bits per heavy atom. The number of benzene rings is 2. The number of halogens is 1. The molecule has 1 amide bonds. The fourth-order valence-electron chi connectivity index (χ4n) is 3.06. The molecule has 1 atom stereocenters. The Balaban J connectivity index is 1.57. The summed E-state index contributed by atoms with van der Waals surface area (Å²) in [5.74, 6) is 0.652. The molecule has 1 unspecified atom stereocenters. The number of ether oxygens (including phenoxy) is 1. The molecule has 1 saturated heterocycles. The first-order valence-electron chi connectivity index (χ1n) is 8.18. The van der Waals surface area contributed by atoms with Gasteiger partial charge in [-0.15, -0.1) is 0 Å². The van der Waals surface area contributed by atoms with Gasteiger partial charge in [0, 0.05) is 24.4 Å². The predicted molar refractivity (Wildman–Crippen MR) is 92.4 cm³/mol. The Kier molecular flexibility index (Phi) is 4.12. The van der Waals surface area contributed by atoms with E-state index < -0.39 is 5.82 Å². The Hall–Kier alpha value is -3.22. The number of para-hydroxylation sites is 1. The molecule has 0 N–H and O–H groups in total. The van der Waals surface area contributed by atoms with E-state index in [1.54, 1.807) is 31.4 Å². The molecule has 1 aliphatic heterocycles. The van der Waals surface area contributed by atoms with Gasteiger partial charge in [0.1, 0.15) is 11.6 Å². The molecule has 0 saturated carbocycles. The van der Waals surface area contributed by atoms with Gasteiger partial charge in [-0.1, -0.05) is 23.4 Å².